The molecular formula is C29H21F3N6O2S. The van der Waals surface area contributed by atoms with Crippen LogP contribution in [-0.2, 0) is 4.79 Å². The summed E-state index contributed by atoms with van der Waals surface area (Å²) in [5.41, 5.74) is 5.34. The normalized spacial score (nSPS) is 16.0. The van der Waals surface area contributed by atoms with Gasteiger partial charge in [-0.2, -0.15) is 5.10 Å². The van der Waals surface area contributed by atoms with Crippen molar-refractivity contribution in [2.75, 3.05) is 0 Å². The molecule has 41 heavy (non-hydrogen) atoms. The highest BCUT2D eigenvalue weighted by atomic mass is 32.2. The van der Waals surface area contributed by atoms with Gasteiger partial charge in [0.25, 0.3) is 5.91 Å². The lowest BCUT2D eigenvalue weighted by Crippen LogP contribution is -2.25. The third-order valence-corrected chi connectivity index (χ3v) is 7.77. The maximum Gasteiger partial charge on any atom is 0.573 e. The summed E-state index contributed by atoms with van der Waals surface area (Å²) in [7, 11) is 0. The van der Waals surface area contributed by atoms with Gasteiger partial charge in [0.2, 0.25) is 0 Å². The van der Waals surface area contributed by atoms with Gasteiger partial charge in [0.1, 0.15) is 11.1 Å². The number of hydrogen-bond donors (Lipinski definition) is 1. The predicted octanol–water partition coefficient (Wildman–Crippen LogP) is 6.67. The Kier molecular flexibility index (Phi) is 6.49. The summed E-state index contributed by atoms with van der Waals surface area (Å²) >= 11 is 1.12. The van der Waals surface area contributed by atoms with E-state index in [0.29, 0.717) is 22.5 Å². The lowest BCUT2D eigenvalue weighted by Gasteiger charge is -2.21. The second kappa shape index (κ2) is 10.0. The zero-order valence-corrected chi connectivity index (χ0v) is 22.5. The molecule has 1 aliphatic heterocycles. The number of nitrogens with one attached hydrogen (secondary N) is 1. The number of carbonyl (C=O) groups excluding carboxylic acids is 1. The third-order valence-electron chi connectivity index (χ3n) is 6.70. The summed E-state index contributed by atoms with van der Waals surface area (Å²) in [5, 5.41) is 14.1. The molecule has 1 saturated heterocycles. The Morgan fingerprint density at radius 2 is 1.76 bits per heavy atom. The minimum atomic E-state index is -4.81. The molecule has 0 radical (unpaired) electrons. The number of amides is 1. The number of thioether (sulfide) groups is 1. The molecule has 0 aliphatic carbocycles. The van der Waals surface area contributed by atoms with Gasteiger partial charge in [-0.1, -0.05) is 30.0 Å². The Hall–Kier alpha value is -4.71. The Balaban J connectivity index is 1.48. The van der Waals surface area contributed by atoms with Crippen LogP contribution in [-0.4, -0.2) is 43.1 Å². The highest BCUT2D eigenvalue weighted by molar-refractivity contribution is 8.16. The van der Waals surface area contributed by atoms with Gasteiger partial charge < -0.3 is 4.74 Å². The molecule has 1 aliphatic rings. The number of hydrazone groups is 1. The van der Waals surface area contributed by atoms with Crippen LogP contribution in [0.3, 0.4) is 0 Å². The lowest BCUT2D eigenvalue weighted by atomic mass is 10.0. The number of fused-ring (bicyclic) bond motifs is 3. The number of hydrogen-bond acceptors (Lipinski definition) is 7. The van der Waals surface area contributed by atoms with Crippen molar-refractivity contribution in [3.63, 3.8) is 0 Å². The van der Waals surface area contributed by atoms with Crippen molar-refractivity contribution in [3.05, 3.63) is 95.4 Å². The monoisotopic (exact) mass is 574 g/mol. The predicted molar refractivity (Wildman–Crippen MR) is 151 cm³/mol. The van der Waals surface area contributed by atoms with E-state index in [9.17, 15) is 18.0 Å². The van der Waals surface area contributed by atoms with Gasteiger partial charge in [-0.15, -0.1) is 13.2 Å². The average molecular weight is 575 g/mol. The molecule has 6 rings (SSSR count). The molecule has 1 unspecified atom stereocenters. The molecule has 206 valence electrons. The average Bonchev–Trinajstić information content (AvgIpc) is 3.44. The number of carbonyl (C=O) groups is 1. The Morgan fingerprint density at radius 1 is 1.02 bits per heavy atom. The Morgan fingerprint density at radius 3 is 2.46 bits per heavy atom. The fourth-order valence-corrected chi connectivity index (χ4v) is 6.07. The molecule has 12 heteroatoms. The van der Waals surface area contributed by atoms with Gasteiger partial charge >= 0.3 is 6.36 Å². The van der Waals surface area contributed by atoms with E-state index in [0.717, 1.165) is 39.4 Å². The maximum absolute atomic E-state index is 13.0. The molecule has 1 atom stereocenters. The number of halogens is 3. The van der Waals surface area contributed by atoms with Crippen LogP contribution in [0.4, 0.5) is 13.2 Å². The van der Waals surface area contributed by atoms with Crippen LogP contribution in [0.15, 0.2) is 78.0 Å². The van der Waals surface area contributed by atoms with Gasteiger partial charge in [-0.05, 0) is 79.1 Å². The van der Waals surface area contributed by atoms with Crippen molar-refractivity contribution in [1.29, 1.82) is 5.41 Å². The number of benzene rings is 3. The van der Waals surface area contributed by atoms with Crippen LogP contribution in [0.5, 0.6) is 5.75 Å². The van der Waals surface area contributed by atoms with Crippen LogP contribution < -0.4 is 4.74 Å². The van der Waals surface area contributed by atoms with E-state index >= 15 is 0 Å². The smallest absolute Gasteiger partial charge is 0.406 e. The molecule has 5 aromatic rings. The van der Waals surface area contributed by atoms with Crippen molar-refractivity contribution in [2.45, 2.75) is 25.6 Å². The lowest BCUT2D eigenvalue weighted by molar-refractivity contribution is -0.274. The van der Waals surface area contributed by atoms with Crippen molar-refractivity contribution in [2.24, 2.45) is 5.10 Å². The second-order valence-electron chi connectivity index (χ2n) is 9.35. The molecular weight excluding hydrogens is 553 g/mol. The zero-order chi connectivity index (χ0) is 28.9. The van der Waals surface area contributed by atoms with Crippen LogP contribution in [0.1, 0.15) is 27.9 Å². The van der Waals surface area contributed by atoms with Crippen molar-refractivity contribution >= 4 is 50.9 Å². The Labute approximate surface area is 236 Å². The molecule has 1 fully saturated rings. The highest BCUT2D eigenvalue weighted by Gasteiger charge is 2.39. The van der Waals surface area contributed by atoms with Crippen LogP contribution in [0, 0.1) is 19.3 Å². The van der Waals surface area contributed by atoms with Gasteiger partial charge in [0.15, 0.2) is 10.9 Å². The fraction of sp³-hybridized carbons (Fsp3) is 0.138. The molecule has 2 aromatic heterocycles. The number of aromatic nitrogens is 3. The topological polar surface area (TPSA) is 96.5 Å². The minimum Gasteiger partial charge on any atom is -0.406 e. The third kappa shape index (κ3) is 4.91. The number of aryl methyl sites for hydroxylation is 2. The van der Waals surface area contributed by atoms with Gasteiger partial charge in [-0.25, -0.2) is 9.99 Å². The second-order valence-corrected chi connectivity index (χ2v) is 10.4. The molecule has 1 amide bonds. The van der Waals surface area contributed by atoms with E-state index in [1.54, 1.807) is 16.8 Å². The summed E-state index contributed by atoms with van der Waals surface area (Å²) in [4.78, 5) is 22.2. The van der Waals surface area contributed by atoms with Crippen LogP contribution in [0.25, 0.3) is 27.6 Å². The number of ether oxygens (including phenoxy) is 1. The maximum atomic E-state index is 13.0. The molecule has 0 spiro atoms. The standard InChI is InChI=1S/C29H21F3N6O2S/c1-16-5-3-6-17(2)24(16)28-38(27(39)26(33)41-28)35-15-23-36-25-20-7-4-14-34-21(20)12-13-22(25)37(23)18-8-10-19(11-9-18)40-29(30,31)32/h3-15,28,33H,1-2H3/b33-26?,35-15-. The van der Waals surface area contributed by atoms with Crippen LogP contribution in [0.2, 0.25) is 0 Å². The van der Waals surface area contributed by atoms with E-state index < -0.39 is 17.6 Å². The highest BCUT2D eigenvalue weighted by Crippen LogP contribution is 2.42. The SMILES string of the molecule is Cc1cccc(C)c1C1SC(=N)C(=O)N1/N=C\c1nc2c3cccnc3ccc2n1-c1ccc(OC(F)(F)F)cc1. The number of nitrogens with zero attached hydrogens (tertiary/aromatic N) is 5. The van der Waals surface area contributed by atoms with Crippen LogP contribution >= 0.6 is 11.8 Å². The molecule has 1 N–H and O–H groups in total. The fourth-order valence-electron chi connectivity index (χ4n) is 4.91. The largest absolute Gasteiger partial charge is 0.573 e. The van der Waals surface area contributed by atoms with Crippen molar-refractivity contribution in [3.8, 4) is 11.4 Å². The number of pyridine rings is 1. The molecule has 0 bridgehead atoms. The first-order valence-corrected chi connectivity index (χ1v) is 13.3. The van der Waals surface area contributed by atoms with Gasteiger partial charge in [-0.3, -0.25) is 19.8 Å². The van der Waals surface area contributed by atoms with Crippen molar-refractivity contribution < 1.29 is 22.7 Å². The quantitative estimate of drug-likeness (QED) is 0.237. The van der Waals surface area contributed by atoms with E-state index in [2.05, 4.69) is 14.8 Å². The number of rotatable bonds is 5. The summed E-state index contributed by atoms with van der Waals surface area (Å²) in [6.45, 7) is 3.89. The summed E-state index contributed by atoms with van der Waals surface area (Å²) in [6, 6.07) is 18.6. The zero-order valence-electron chi connectivity index (χ0n) is 21.7. The minimum absolute atomic E-state index is 0.124. The summed E-state index contributed by atoms with van der Waals surface area (Å²) in [5.74, 6) is -0.563. The molecule has 3 aromatic carbocycles. The van der Waals surface area contributed by atoms with Crippen molar-refractivity contribution in [1.82, 2.24) is 19.5 Å². The van der Waals surface area contributed by atoms with Gasteiger partial charge in [0, 0.05) is 17.3 Å². The van der Waals surface area contributed by atoms with E-state index in [4.69, 9.17) is 10.4 Å². The molecule has 3 heterocycles. The molecule has 8 nitrogen and oxygen atoms in total. The number of alkyl halides is 3. The number of imidazole rings is 1. The first kappa shape index (κ1) is 26.5. The Bertz CT molecular complexity index is 1850. The first-order chi connectivity index (χ1) is 19.6. The molecule has 0 saturated carbocycles. The van der Waals surface area contributed by atoms with Gasteiger partial charge in [0.05, 0.1) is 22.8 Å². The van der Waals surface area contributed by atoms with E-state index in [1.165, 1.54) is 35.5 Å². The van der Waals surface area contributed by atoms with E-state index in [-0.39, 0.29) is 10.8 Å². The first-order valence-electron chi connectivity index (χ1n) is 12.4. The van der Waals surface area contributed by atoms with E-state index in [1.807, 2.05) is 50.2 Å². The summed E-state index contributed by atoms with van der Waals surface area (Å²) in [6.07, 6.45) is -1.71. The summed E-state index contributed by atoms with van der Waals surface area (Å²) < 4.78 is 44.0.